The Labute approximate surface area is 93.2 Å². The lowest BCUT2D eigenvalue weighted by molar-refractivity contribution is 0.0463. The van der Waals surface area contributed by atoms with Crippen molar-refractivity contribution in [3.05, 3.63) is 17.5 Å². The maximum Gasteiger partial charge on any atom is 0.150 e. The molecule has 2 heterocycles. The van der Waals surface area contributed by atoms with Crippen LogP contribution in [0.3, 0.4) is 0 Å². The third-order valence-electron chi connectivity index (χ3n) is 2.35. The van der Waals surface area contributed by atoms with E-state index in [9.17, 15) is 0 Å². The Balaban J connectivity index is 2.13. The van der Waals surface area contributed by atoms with E-state index in [0.29, 0.717) is 18.2 Å². The molecule has 2 N–H and O–H groups in total. The number of nitrogens with two attached hydrogens (primary N) is 1. The third-order valence-corrected chi connectivity index (χ3v) is 2.62. The Morgan fingerprint density at radius 3 is 3.27 bits per heavy atom. The van der Waals surface area contributed by atoms with Crippen molar-refractivity contribution in [2.45, 2.75) is 6.10 Å². The van der Waals surface area contributed by atoms with Crippen LogP contribution in [-0.2, 0) is 4.74 Å². The summed E-state index contributed by atoms with van der Waals surface area (Å²) in [7, 11) is 0. The van der Waals surface area contributed by atoms with Gasteiger partial charge in [-0.15, -0.1) is 0 Å². The van der Waals surface area contributed by atoms with Crippen LogP contribution in [0, 0.1) is 0 Å². The van der Waals surface area contributed by atoms with E-state index in [2.05, 4.69) is 14.9 Å². The lowest BCUT2D eigenvalue weighted by Gasteiger charge is -2.33. The summed E-state index contributed by atoms with van der Waals surface area (Å²) in [5, 5.41) is 0.565. The SMILES string of the molecule is NCC1CN(c2ncncc2Cl)CCO1. The Kier molecular flexibility index (Phi) is 3.35. The van der Waals surface area contributed by atoms with Crippen LogP contribution in [0.5, 0.6) is 0 Å². The molecule has 1 aromatic heterocycles. The summed E-state index contributed by atoms with van der Waals surface area (Å²) < 4.78 is 5.47. The van der Waals surface area contributed by atoms with E-state index in [0.717, 1.165) is 18.9 Å². The number of anilines is 1. The average molecular weight is 229 g/mol. The van der Waals surface area contributed by atoms with Crippen molar-refractivity contribution in [3.8, 4) is 0 Å². The second-order valence-corrected chi connectivity index (χ2v) is 3.78. The highest BCUT2D eigenvalue weighted by Gasteiger charge is 2.21. The summed E-state index contributed by atoms with van der Waals surface area (Å²) in [5.74, 6) is 0.758. The Morgan fingerprint density at radius 1 is 1.67 bits per heavy atom. The fraction of sp³-hybridized carbons (Fsp3) is 0.556. The third kappa shape index (κ3) is 2.37. The van der Waals surface area contributed by atoms with E-state index in [-0.39, 0.29) is 6.10 Å². The number of hydrogen-bond donors (Lipinski definition) is 1. The van der Waals surface area contributed by atoms with E-state index in [1.54, 1.807) is 6.20 Å². The van der Waals surface area contributed by atoms with E-state index in [1.165, 1.54) is 6.33 Å². The molecule has 0 radical (unpaired) electrons. The molecule has 5 nitrogen and oxygen atoms in total. The molecule has 0 bridgehead atoms. The molecule has 1 aromatic rings. The van der Waals surface area contributed by atoms with Gasteiger partial charge in [0.25, 0.3) is 0 Å². The molecule has 1 saturated heterocycles. The number of morpholine rings is 1. The highest BCUT2D eigenvalue weighted by Crippen LogP contribution is 2.22. The van der Waals surface area contributed by atoms with Crippen LogP contribution in [0.4, 0.5) is 5.82 Å². The summed E-state index contributed by atoms with van der Waals surface area (Å²) in [6.45, 7) is 2.68. The van der Waals surface area contributed by atoms with E-state index in [1.807, 2.05) is 0 Å². The van der Waals surface area contributed by atoms with Gasteiger partial charge in [-0.1, -0.05) is 11.6 Å². The summed E-state index contributed by atoms with van der Waals surface area (Å²) >= 11 is 6.01. The van der Waals surface area contributed by atoms with Crippen LogP contribution in [0.15, 0.2) is 12.5 Å². The lowest BCUT2D eigenvalue weighted by Crippen LogP contribution is -2.46. The molecule has 2 rings (SSSR count). The largest absolute Gasteiger partial charge is 0.373 e. The van der Waals surface area contributed by atoms with Crippen LogP contribution < -0.4 is 10.6 Å². The van der Waals surface area contributed by atoms with E-state index < -0.39 is 0 Å². The van der Waals surface area contributed by atoms with Gasteiger partial charge in [0.2, 0.25) is 0 Å². The summed E-state index contributed by atoms with van der Waals surface area (Å²) in [6, 6.07) is 0. The molecular weight excluding hydrogens is 216 g/mol. The van der Waals surface area contributed by atoms with Crippen molar-refractivity contribution in [1.29, 1.82) is 0 Å². The zero-order chi connectivity index (χ0) is 10.7. The van der Waals surface area contributed by atoms with E-state index in [4.69, 9.17) is 22.1 Å². The van der Waals surface area contributed by atoms with Gasteiger partial charge in [-0.25, -0.2) is 9.97 Å². The van der Waals surface area contributed by atoms with Crippen molar-refractivity contribution < 1.29 is 4.74 Å². The molecule has 1 unspecified atom stereocenters. The Bertz CT molecular complexity index is 336. The van der Waals surface area contributed by atoms with Crippen LogP contribution in [-0.4, -0.2) is 42.3 Å². The van der Waals surface area contributed by atoms with Gasteiger partial charge in [-0.05, 0) is 0 Å². The molecule has 0 amide bonds. The van der Waals surface area contributed by atoms with Crippen molar-refractivity contribution in [1.82, 2.24) is 9.97 Å². The first kappa shape index (κ1) is 10.6. The molecule has 1 aliphatic heterocycles. The molecule has 6 heteroatoms. The first-order valence-corrected chi connectivity index (χ1v) is 5.21. The monoisotopic (exact) mass is 228 g/mol. The smallest absolute Gasteiger partial charge is 0.150 e. The van der Waals surface area contributed by atoms with Crippen molar-refractivity contribution in [2.24, 2.45) is 5.73 Å². The molecule has 82 valence electrons. The summed E-state index contributed by atoms with van der Waals surface area (Å²) in [5.41, 5.74) is 5.56. The van der Waals surface area contributed by atoms with Crippen LogP contribution >= 0.6 is 11.6 Å². The first-order chi connectivity index (χ1) is 7.31. The fourth-order valence-corrected chi connectivity index (χ4v) is 1.82. The number of halogens is 1. The number of ether oxygens (including phenoxy) is 1. The lowest BCUT2D eigenvalue weighted by atomic mass is 10.2. The quantitative estimate of drug-likeness (QED) is 0.789. The summed E-state index contributed by atoms with van der Waals surface area (Å²) in [4.78, 5) is 10.1. The minimum absolute atomic E-state index is 0.0600. The molecule has 0 aliphatic carbocycles. The average Bonchev–Trinajstić information content (AvgIpc) is 2.30. The first-order valence-electron chi connectivity index (χ1n) is 4.83. The normalized spacial score (nSPS) is 21.7. The molecule has 1 atom stereocenters. The second-order valence-electron chi connectivity index (χ2n) is 3.37. The molecule has 0 saturated carbocycles. The predicted octanol–water partition coefficient (Wildman–Crippen LogP) is 0.294. The number of rotatable bonds is 2. The van der Waals surface area contributed by atoms with Gasteiger partial charge in [0.1, 0.15) is 11.3 Å². The maximum absolute atomic E-state index is 6.01. The number of hydrogen-bond acceptors (Lipinski definition) is 5. The zero-order valence-electron chi connectivity index (χ0n) is 8.27. The molecule has 0 aromatic carbocycles. The van der Waals surface area contributed by atoms with Crippen molar-refractivity contribution in [3.63, 3.8) is 0 Å². The van der Waals surface area contributed by atoms with Gasteiger partial charge in [0.15, 0.2) is 5.82 Å². The van der Waals surface area contributed by atoms with Gasteiger partial charge < -0.3 is 15.4 Å². The van der Waals surface area contributed by atoms with Gasteiger partial charge >= 0.3 is 0 Å². The van der Waals surface area contributed by atoms with Crippen molar-refractivity contribution >= 4 is 17.4 Å². The molecule has 15 heavy (non-hydrogen) atoms. The van der Waals surface area contributed by atoms with Gasteiger partial charge in [-0.2, -0.15) is 0 Å². The van der Waals surface area contributed by atoms with Crippen LogP contribution in [0.25, 0.3) is 0 Å². The molecular formula is C9H13ClN4O. The fourth-order valence-electron chi connectivity index (χ4n) is 1.59. The topological polar surface area (TPSA) is 64.3 Å². The Hall–Kier alpha value is -0.910. The van der Waals surface area contributed by atoms with Crippen molar-refractivity contribution in [2.75, 3.05) is 31.1 Å². The van der Waals surface area contributed by atoms with E-state index >= 15 is 0 Å². The standard InChI is InChI=1S/C9H13ClN4O/c10-8-4-12-6-13-9(8)14-1-2-15-7(3-11)5-14/h4,6-7H,1-3,5,11H2. The highest BCUT2D eigenvalue weighted by atomic mass is 35.5. The number of aromatic nitrogens is 2. The maximum atomic E-state index is 6.01. The second kappa shape index (κ2) is 4.74. The minimum Gasteiger partial charge on any atom is -0.373 e. The van der Waals surface area contributed by atoms with Gasteiger partial charge in [-0.3, -0.25) is 0 Å². The van der Waals surface area contributed by atoms with Gasteiger partial charge in [0, 0.05) is 19.6 Å². The molecule has 1 aliphatic rings. The van der Waals surface area contributed by atoms with Crippen LogP contribution in [0.1, 0.15) is 0 Å². The number of nitrogens with zero attached hydrogens (tertiary/aromatic N) is 3. The minimum atomic E-state index is 0.0600. The van der Waals surface area contributed by atoms with Gasteiger partial charge in [0.05, 0.1) is 18.9 Å². The van der Waals surface area contributed by atoms with Crippen LogP contribution in [0.2, 0.25) is 5.02 Å². The predicted molar refractivity (Wildman–Crippen MR) is 58.0 cm³/mol. The highest BCUT2D eigenvalue weighted by molar-refractivity contribution is 6.32. The zero-order valence-corrected chi connectivity index (χ0v) is 9.02. The molecule has 0 spiro atoms. The molecule has 1 fully saturated rings. The Morgan fingerprint density at radius 2 is 2.53 bits per heavy atom. The summed E-state index contributed by atoms with van der Waals surface area (Å²) in [6.07, 6.45) is 3.15.